The highest BCUT2D eigenvalue weighted by atomic mass is 16.3. The van der Waals surface area contributed by atoms with Gasteiger partial charge in [-0.2, -0.15) is 0 Å². The van der Waals surface area contributed by atoms with E-state index in [-0.39, 0.29) is 6.10 Å². The summed E-state index contributed by atoms with van der Waals surface area (Å²) < 4.78 is 2.25. The molecule has 0 saturated carbocycles. The zero-order valence-corrected chi connectivity index (χ0v) is 11.0. The van der Waals surface area contributed by atoms with E-state index in [2.05, 4.69) is 48.9 Å². The molecule has 3 rings (SSSR count). The van der Waals surface area contributed by atoms with Gasteiger partial charge in [0, 0.05) is 23.1 Å². The van der Waals surface area contributed by atoms with E-state index in [0.29, 0.717) is 0 Å². The second-order valence-corrected chi connectivity index (χ2v) is 5.21. The van der Waals surface area contributed by atoms with Crippen LogP contribution in [0.25, 0.3) is 5.69 Å². The fraction of sp³-hybridized carbons (Fsp3) is 0.375. The summed E-state index contributed by atoms with van der Waals surface area (Å²) in [6, 6.07) is 8.47. The molecule has 0 fully saturated rings. The van der Waals surface area contributed by atoms with Crippen LogP contribution in [-0.4, -0.2) is 9.67 Å². The number of aliphatic hydroxyl groups is 1. The van der Waals surface area contributed by atoms with Crippen molar-refractivity contribution in [2.75, 3.05) is 0 Å². The number of hydrogen-bond donors (Lipinski definition) is 1. The van der Waals surface area contributed by atoms with Crippen molar-refractivity contribution in [1.82, 2.24) is 4.57 Å². The topological polar surface area (TPSA) is 25.2 Å². The summed E-state index contributed by atoms with van der Waals surface area (Å²) in [4.78, 5) is 0. The van der Waals surface area contributed by atoms with E-state index >= 15 is 0 Å². The van der Waals surface area contributed by atoms with Crippen LogP contribution in [-0.2, 0) is 6.42 Å². The molecule has 2 aromatic rings. The van der Waals surface area contributed by atoms with Crippen molar-refractivity contribution in [2.45, 2.75) is 39.2 Å². The summed E-state index contributed by atoms with van der Waals surface area (Å²) in [7, 11) is 0. The first kappa shape index (κ1) is 11.5. The molecule has 0 saturated heterocycles. The molecule has 1 aliphatic carbocycles. The maximum Gasteiger partial charge on any atom is 0.0807 e. The number of aromatic nitrogens is 1. The average Bonchev–Trinajstić information content (AvgIpc) is 2.78. The van der Waals surface area contributed by atoms with E-state index in [1.165, 1.54) is 22.5 Å². The molecule has 0 aliphatic heterocycles. The highest BCUT2D eigenvalue weighted by molar-refractivity contribution is 5.48. The van der Waals surface area contributed by atoms with Gasteiger partial charge in [-0.15, -0.1) is 0 Å². The molecule has 1 unspecified atom stereocenters. The van der Waals surface area contributed by atoms with E-state index in [0.717, 1.165) is 24.8 Å². The molecule has 1 aliphatic rings. The van der Waals surface area contributed by atoms with Crippen LogP contribution >= 0.6 is 0 Å². The number of benzene rings is 1. The zero-order chi connectivity index (χ0) is 12.7. The van der Waals surface area contributed by atoms with Crippen molar-refractivity contribution >= 4 is 0 Å². The smallest absolute Gasteiger partial charge is 0.0807 e. The van der Waals surface area contributed by atoms with Crippen LogP contribution in [0.1, 0.15) is 41.3 Å². The molecule has 1 N–H and O–H groups in total. The predicted molar refractivity (Wildman–Crippen MR) is 73.1 cm³/mol. The summed E-state index contributed by atoms with van der Waals surface area (Å²) in [6.45, 7) is 4.31. The van der Waals surface area contributed by atoms with Crippen molar-refractivity contribution < 1.29 is 5.11 Å². The molecule has 0 amide bonds. The fourth-order valence-corrected chi connectivity index (χ4v) is 2.89. The quantitative estimate of drug-likeness (QED) is 0.812. The Bertz CT molecular complexity index is 583. The lowest BCUT2D eigenvalue weighted by atomic mass is 9.95. The Balaban J connectivity index is 2.16. The first-order valence-corrected chi connectivity index (χ1v) is 6.63. The standard InChI is InChI=1S/C16H19NO/c1-11-5-3-6-14(12(11)2)17-10-9-13-15(17)7-4-8-16(13)18/h3,5-6,9-10,16,18H,4,7-8H2,1-2H3. The number of rotatable bonds is 1. The first-order valence-electron chi connectivity index (χ1n) is 6.63. The maximum absolute atomic E-state index is 10.0. The summed E-state index contributed by atoms with van der Waals surface area (Å²) in [6.07, 6.45) is 4.85. The Morgan fingerprint density at radius 2 is 2.06 bits per heavy atom. The van der Waals surface area contributed by atoms with Gasteiger partial charge in [0.15, 0.2) is 0 Å². The minimum Gasteiger partial charge on any atom is -0.388 e. The minimum atomic E-state index is -0.278. The molecule has 1 heterocycles. The van der Waals surface area contributed by atoms with Gasteiger partial charge in [-0.25, -0.2) is 0 Å². The SMILES string of the molecule is Cc1cccc(-n2ccc3c2CCCC3O)c1C. The highest BCUT2D eigenvalue weighted by Crippen LogP contribution is 2.32. The van der Waals surface area contributed by atoms with Gasteiger partial charge < -0.3 is 9.67 Å². The second kappa shape index (κ2) is 4.29. The van der Waals surface area contributed by atoms with E-state index < -0.39 is 0 Å². The van der Waals surface area contributed by atoms with Crippen LogP contribution < -0.4 is 0 Å². The molecule has 1 aromatic carbocycles. The lowest BCUT2D eigenvalue weighted by molar-refractivity contribution is 0.156. The van der Waals surface area contributed by atoms with Crippen molar-refractivity contribution in [3.63, 3.8) is 0 Å². The molecule has 18 heavy (non-hydrogen) atoms. The Labute approximate surface area is 108 Å². The van der Waals surface area contributed by atoms with Gasteiger partial charge >= 0.3 is 0 Å². The molecular weight excluding hydrogens is 222 g/mol. The summed E-state index contributed by atoms with van der Waals surface area (Å²) in [5.41, 5.74) is 6.26. The normalized spacial score (nSPS) is 18.7. The van der Waals surface area contributed by atoms with Crippen LogP contribution in [0.4, 0.5) is 0 Å². The van der Waals surface area contributed by atoms with Gasteiger partial charge in [-0.05, 0) is 56.4 Å². The predicted octanol–water partition coefficient (Wildman–Crippen LogP) is 3.46. The lowest BCUT2D eigenvalue weighted by Gasteiger charge is -2.21. The van der Waals surface area contributed by atoms with Gasteiger partial charge in [0.2, 0.25) is 0 Å². The van der Waals surface area contributed by atoms with E-state index in [4.69, 9.17) is 0 Å². The Hall–Kier alpha value is -1.54. The van der Waals surface area contributed by atoms with Crippen LogP contribution in [0.3, 0.4) is 0 Å². The molecule has 2 nitrogen and oxygen atoms in total. The monoisotopic (exact) mass is 241 g/mol. The molecule has 2 heteroatoms. The third-order valence-corrected chi connectivity index (χ3v) is 4.11. The largest absolute Gasteiger partial charge is 0.388 e. The van der Waals surface area contributed by atoms with E-state index in [1.807, 2.05) is 0 Å². The third kappa shape index (κ3) is 1.68. The molecule has 0 radical (unpaired) electrons. The van der Waals surface area contributed by atoms with Crippen molar-refractivity contribution in [2.24, 2.45) is 0 Å². The Morgan fingerprint density at radius 3 is 2.89 bits per heavy atom. The lowest BCUT2D eigenvalue weighted by Crippen LogP contribution is -2.11. The summed E-state index contributed by atoms with van der Waals surface area (Å²) >= 11 is 0. The highest BCUT2D eigenvalue weighted by Gasteiger charge is 2.22. The van der Waals surface area contributed by atoms with Gasteiger partial charge in [0.1, 0.15) is 0 Å². The van der Waals surface area contributed by atoms with Crippen molar-refractivity contribution in [1.29, 1.82) is 0 Å². The van der Waals surface area contributed by atoms with Crippen LogP contribution in [0.2, 0.25) is 0 Å². The zero-order valence-electron chi connectivity index (χ0n) is 11.0. The number of fused-ring (bicyclic) bond motifs is 1. The number of aryl methyl sites for hydroxylation is 1. The number of nitrogens with zero attached hydrogens (tertiary/aromatic N) is 1. The fourth-order valence-electron chi connectivity index (χ4n) is 2.89. The third-order valence-electron chi connectivity index (χ3n) is 4.11. The second-order valence-electron chi connectivity index (χ2n) is 5.21. The van der Waals surface area contributed by atoms with Gasteiger partial charge in [0.05, 0.1) is 6.10 Å². The summed E-state index contributed by atoms with van der Waals surface area (Å²) in [5.74, 6) is 0. The van der Waals surface area contributed by atoms with Gasteiger partial charge in [-0.3, -0.25) is 0 Å². The molecular formula is C16H19NO. The number of aliphatic hydroxyl groups excluding tert-OH is 1. The first-order chi connectivity index (χ1) is 8.68. The van der Waals surface area contributed by atoms with E-state index in [1.54, 1.807) is 0 Å². The van der Waals surface area contributed by atoms with Crippen LogP contribution in [0, 0.1) is 13.8 Å². The van der Waals surface area contributed by atoms with Gasteiger partial charge in [0.25, 0.3) is 0 Å². The van der Waals surface area contributed by atoms with Crippen LogP contribution in [0.5, 0.6) is 0 Å². The number of hydrogen-bond acceptors (Lipinski definition) is 1. The molecule has 1 atom stereocenters. The molecule has 94 valence electrons. The van der Waals surface area contributed by atoms with Crippen LogP contribution in [0.15, 0.2) is 30.5 Å². The molecule has 0 bridgehead atoms. The average molecular weight is 241 g/mol. The summed E-state index contributed by atoms with van der Waals surface area (Å²) in [5, 5.41) is 10.0. The molecule has 0 spiro atoms. The molecule has 1 aromatic heterocycles. The maximum atomic E-state index is 10.0. The van der Waals surface area contributed by atoms with Gasteiger partial charge in [-0.1, -0.05) is 12.1 Å². The Morgan fingerprint density at radius 1 is 1.22 bits per heavy atom. The van der Waals surface area contributed by atoms with E-state index in [9.17, 15) is 5.11 Å². The van der Waals surface area contributed by atoms with Crippen molar-refractivity contribution in [3.8, 4) is 5.69 Å². The minimum absolute atomic E-state index is 0.278. The van der Waals surface area contributed by atoms with Crippen molar-refractivity contribution in [3.05, 3.63) is 52.8 Å². The Kier molecular flexibility index (Phi) is 2.75.